The van der Waals surface area contributed by atoms with Crippen LogP contribution < -0.4 is 4.90 Å². The quantitative estimate of drug-likeness (QED) is 0.586. The van der Waals surface area contributed by atoms with Crippen molar-refractivity contribution in [3.63, 3.8) is 0 Å². The average molecular weight is 367 g/mol. The first-order valence-electron chi connectivity index (χ1n) is 8.12. The van der Waals surface area contributed by atoms with Gasteiger partial charge < -0.3 is 0 Å². The SMILES string of the molecule is O=C1c2ccccc2C(=O)N1c1ccc(-c2ccccc2C(F)(F)F)cc1. The number of fused-ring (bicyclic) bond motifs is 1. The molecule has 1 heterocycles. The molecule has 3 nitrogen and oxygen atoms in total. The smallest absolute Gasteiger partial charge is 0.268 e. The van der Waals surface area contributed by atoms with Crippen molar-refractivity contribution >= 4 is 17.5 Å². The highest BCUT2D eigenvalue weighted by molar-refractivity contribution is 6.34. The second-order valence-corrected chi connectivity index (χ2v) is 6.08. The average Bonchev–Trinajstić information content (AvgIpc) is 2.92. The Balaban J connectivity index is 1.71. The third-order valence-electron chi connectivity index (χ3n) is 4.46. The number of rotatable bonds is 2. The zero-order valence-corrected chi connectivity index (χ0v) is 13.8. The molecule has 27 heavy (non-hydrogen) atoms. The second-order valence-electron chi connectivity index (χ2n) is 6.08. The Kier molecular flexibility index (Phi) is 3.84. The Labute approximate surface area is 152 Å². The monoisotopic (exact) mass is 367 g/mol. The third-order valence-corrected chi connectivity index (χ3v) is 4.46. The van der Waals surface area contributed by atoms with Crippen molar-refractivity contribution in [2.75, 3.05) is 4.90 Å². The van der Waals surface area contributed by atoms with Gasteiger partial charge in [-0.2, -0.15) is 13.2 Å². The number of carbonyl (C=O) groups excluding carboxylic acids is 2. The van der Waals surface area contributed by atoms with Gasteiger partial charge >= 0.3 is 6.18 Å². The molecular weight excluding hydrogens is 355 g/mol. The Morgan fingerprint density at radius 2 is 1.11 bits per heavy atom. The van der Waals surface area contributed by atoms with Crippen molar-refractivity contribution in [3.8, 4) is 11.1 Å². The summed E-state index contributed by atoms with van der Waals surface area (Å²) in [5.41, 5.74) is 0.595. The van der Waals surface area contributed by atoms with E-state index in [4.69, 9.17) is 0 Å². The summed E-state index contributed by atoms with van der Waals surface area (Å²) >= 11 is 0. The van der Waals surface area contributed by atoms with Gasteiger partial charge in [-0.25, -0.2) is 4.90 Å². The fourth-order valence-corrected chi connectivity index (χ4v) is 3.20. The van der Waals surface area contributed by atoms with Crippen LogP contribution >= 0.6 is 0 Å². The van der Waals surface area contributed by atoms with E-state index in [0.717, 1.165) is 11.0 Å². The number of hydrogen-bond acceptors (Lipinski definition) is 2. The number of alkyl halides is 3. The van der Waals surface area contributed by atoms with E-state index in [1.165, 1.54) is 42.5 Å². The van der Waals surface area contributed by atoms with Gasteiger partial charge in [0.05, 0.1) is 22.4 Å². The number of benzene rings is 3. The van der Waals surface area contributed by atoms with Gasteiger partial charge in [-0.1, -0.05) is 42.5 Å². The van der Waals surface area contributed by atoms with Crippen LogP contribution in [0, 0.1) is 0 Å². The predicted molar refractivity (Wildman–Crippen MR) is 94.5 cm³/mol. The van der Waals surface area contributed by atoms with Crippen LogP contribution in [0.5, 0.6) is 0 Å². The van der Waals surface area contributed by atoms with E-state index in [-0.39, 0.29) is 5.56 Å². The molecule has 0 radical (unpaired) electrons. The fraction of sp³-hybridized carbons (Fsp3) is 0.0476. The van der Waals surface area contributed by atoms with Crippen molar-refractivity contribution in [2.24, 2.45) is 0 Å². The molecule has 4 rings (SSSR count). The van der Waals surface area contributed by atoms with Crippen LogP contribution in [0.2, 0.25) is 0 Å². The molecular formula is C21H12F3NO2. The molecule has 3 aromatic rings. The summed E-state index contributed by atoms with van der Waals surface area (Å²) in [6, 6.07) is 17.7. The first-order chi connectivity index (χ1) is 12.9. The Hall–Kier alpha value is -3.41. The zero-order valence-electron chi connectivity index (χ0n) is 13.8. The summed E-state index contributed by atoms with van der Waals surface area (Å²) in [4.78, 5) is 26.0. The molecule has 0 N–H and O–H groups in total. The van der Waals surface area contributed by atoms with Gasteiger partial charge in [-0.15, -0.1) is 0 Å². The summed E-state index contributed by atoms with van der Waals surface area (Å²) in [7, 11) is 0. The Bertz CT molecular complexity index is 1020. The number of amides is 2. The van der Waals surface area contributed by atoms with E-state index in [1.807, 2.05) is 0 Å². The van der Waals surface area contributed by atoms with Gasteiger partial charge in [0.25, 0.3) is 11.8 Å². The molecule has 0 aromatic heterocycles. The summed E-state index contributed by atoms with van der Waals surface area (Å²) < 4.78 is 39.6. The van der Waals surface area contributed by atoms with Crippen LogP contribution in [0.25, 0.3) is 11.1 Å². The number of halogens is 3. The Morgan fingerprint density at radius 3 is 1.63 bits per heavy atom. The van der Waals surface area contributed by atoms with Gasteiger partial charge in [-0.05, 0) is 41.5 Å². The van der Waals surface area contributed by atoms with E-state index < -0.39 is 23.6 Å². The van der Waals surface area contributed by atoms with Crippen LogP contribution in [0.1, 0.15) is 26.3 Å². The predicted octanol–water partition coefficient (Wildman–Crippen LogP) is 5.17. The standard InChI is InChI=1S/C21H12F3NO2/c22-21(23,24)18-8-4-3-5-15(18)13-9-11-14(12-10-13)25-19(26)16-6-1-2-7-17(16)20(25)27/h1-12H. The maximum atomic E-state index is 13.2. The third kappa shape index (κ3) is 2.79. The lowest BCUT2D eigenvalue weighted by atomic mass is 9.99. The molecule has 134 valence electrons. The van der Waals surface area contributed by atoms with E-state index in [9.17, 15) is 22.8 Å². The molecule has 0 saturated carbocycles. The molecule has 2 amide bonds. The van der Waals surface area contributed by atoms with Gasteiger partial charge in [0.15, 0.2) is 0 Å². The number of carbonyl (C=O) groups is 2. The first kappa shape index (κ1) is 17.0. The zero-order chi connectivity index (χ0) is 19.2. The number of anilines is 1. The largest absolute Gasteiger partial charge is 0.417 e. The molecule has 1 aliphatic rings. The van der Waals surface area contributed by atoms with E-state index in [1.54, 1.807) is 24.3 Å². The summed E-state index contributed by atoms with van der Waals surface area (Å²) in [5, 5.41) is 0. The highest BCUT2D eigenvalue weighted by Gasteiger charge is 2.36. The molecule has 1 aliphatic heterocycles. The summed E-state index contributed by atoms with van der Waals surface area (Å²) in [6.07, 6.45) is -4.47. The summed E-state index contributed by atoms with van der Waals surface area (Å²) in [6.45, 7) is 0. The Morgan fingerprint density at radius 1 is 0.630 bits per heavy atom. The van der Waals surface area contributed by atoms with Crippen molar-refractivity contribution in [3.05, 3.63) is 89.5 Å². The molecule has 6 heteroatoms. The van der Waals surface area contributed by atoms with Gasteiger partial charge in [0.1, 0.15) is 0 Å². The maximum Gasteiger partial charge on any atom is 0.417 e. The van der Waals surface area contributed by atoms with Crippen molar-refractivity contribution in [2.45, 2.75) is 6.18 Å². The van der Waals surface area contributed by atoms with Crippen LogP contribution in [0.4, 0.5) is 18.9 Å². The minimum absolute atomic E-state index is 0.0407. The highest BCUT2D eigenvalue weighted by atomic mass is 19.4. The van der Waals surface area contributed by atoms with Crippen molar-refractivity contribution in [1.29, 1.82) is 0 Å². The lowest BCUT2D eigenvalue weighted by molar-refractivity contribution is -0.137. The van der Waals surface area contributed by atoms with E-state index >= 15 is 0 Å². The number of imide groups is 1. The minimum Gasteiger partial charge on any atom is -0.268 e. The normalized spacial score (nSPS) is 13.8. The molecule has 0 bridgehead atoms. The topological polar surface area (TPSA) is 37.4 Å². The van der Waals surface area contributed by atoms with Crippen LogP contribution in [0.15, 0.2) is 72.8 Å². The first-order valence-corrected chi connectivity index (χ1v) is 8.12. The molecule has 0 aliphatic carbocycles. The van der Waals surface area contributed by atoms with Gasteiger partial charge in [0, 0.05) is 0 Å². The van der Waals surface area contributed by atoms with Crippen LogP contribution in [0.3, 0.4) is 0 Å². The molecule has 0 saturated heterocycles. The molecule has 0 spiro atoms. The maximum absolute atomic E-state index is 13.2. The molecule has 0 fully saturated rings. The second kappa shape index (κ2) is 6.09. The number of hydrogen-bond donors (Lipinski definition) is 0. The lowest BCUT2D eigenvalue weighted by Gasteiger charge is -2.16. The fourth-order valence-electron chi connectivity index (χ4n) is 3.20. The van der Waals surface area contributed by atoms with E-state index in [0.29, 0.717) is 22.4 Å². The molecule has 0 atom stereocenters. The number of nitrogens with zero attached hydrogens (tertiary/aromatic N) is 1. The highest BCUT2D eigenvalue weighted by Crippen LogP contribution is 2.37. The van der Waals surface area contributed by atoms with Crippen LogP contribution in [-0.4, -0.2) is 11.8 Å². The minimum atomic E-state index is -4.47. The molecule has 3 aromatic carbocycles. The van der Waals surface area contributed by atoms with Gasteiger partial charge in [0.2, 0.25) is 0 Å². The van der Waals surface area contributed by atoms with Gasteiger partial charge in [-0.3, -0.25) is 9.59 Å². The molecule has 0 unspecified atom stereocenters. The van der Waals surface area contributed by atoms with E-state index in [2.05, 4.69) is 0 Å². The van der Waals surface area contributed by atoms with Crippen molar-refractivity contribution < 1.29 is 22.8 Å². The lowest BCUT2D eigenvalue weighted by Crippen LogP contribution is -2.29. The summed E-state index contributed by atoms with van der Waals surface area (Å²) in [5.74, 6) is -0.891. The van der Waals surface area contributed by atoms with Crippen LogP contribution in [-0.2, 0) is 6.18 Å². The van der Waals surface area contributed by atoms with Crippen molar-refractivity contribution in [1.82, 2.24) is 0 Å².